The molecule has 3 amide bonds. The van der Waals surface area contributed by atoms with Crippen LogP contribution in [-0.4, -0.2) is 67.3 Å². The predicted octanol–water partition coefficient (Wildman–Crippen LogP) is 5.77. The standard InChI is InChI=1S/C38H41ClN4O5/c1-41(2)29-14-15-34-31(22-29)33(44)23-35(48-34)37(46)40-32(21-25-10-12-28(39)13-11-25)38(47)42-19-16-26(17-20-42)30-8-4-3-7-27(30)24-43-18-6-5-9-36(43)45/h3-4,7-8,10-15,22-23,26,32H,5-6,9,16-21,24H2,1-2H3,(H,40,46)/t32-/m1/s1. The maximum Gasteiger partial charge on any atom is 0.287 e. The van der Waals surface area contributed by atoms with Gasteiger partial charge in [-0.1, -0.05) is 48.0 Å². The molecule has 0 radical (unpaired) electrons. The van der Waals surface area contributed by atoms with Crippen molar-refractivity contribution in [3.63, 3.8) is 0 Å². The van der Waals surface area contributed by atoms with Crippen molar-refractivity contribution >= 4 is 46.0 Å². The van der Waals surface area contributed by atoms with Crippen molar-refractivity contribution in [2.24, 2.45) is 0 Å². The second-order valence-electron chi connectivity index (χ2n) is 13.0. The van der Waals surface area contributed by atoms with Gasteiger partial charge in [-0.2, -0.15) is 0 Å². The Morgan fingerprint density at radius 1 is 0.958 bits per heavy atom. The van der Waals surface area contributed by atoms with Crippen LogP contribution >= 0.6 is 11.6 Å². The number of anilines is 1. The summed E-state index contributed by atoms with van der Waals surface area (Å²) >= 11 is 6.11. The van der Waals surface area contributed by atoms with Crippen LogP contribution in [0.25, 0.3) is 11.0 Å². The van der Waals surface area contributed by atoms with Crippen LogP contribution in [0.3, 0.4) is 0 Å². The zero-order chi connectivity index (χ0) is 33.8. The lowest BCUT2D eigenvalue weighted by atomic mass is 9.86. The molecule has 0 spiro atoms. The summed E-state index contributed by atoms with van der Waals surface area (Å²) in [6, 6.07) is 21.0. The third kappa shape index (κ3) is 7.57. The number of likely N-dealkylation sites (tertiary alicyclic amines) is 2. The number of piperidine rings is 2. The van der Waals surface area contributed by atoms with Gasteiger partial charge in [-0.3, -0.25) is 19.2 Å². The average molecular weight is 669 g/mol. The molecule has 0 unspecified atom stereocenters. The van der Waals surface area contributed by atoms with Gasteiger partial charge in [0.05, 0.1) is 5.39 Å². The minimum absolute atomic E-state index is 0.151. The van der Waals surface area contributed by atoms with E-state index in [0.29, 0.717) is 42.0 Å². The van der Waals surface area contributed by atoms with E-state index in [1.54, 1.807) is 24.3 Å². The summed E-state index contributed by atoms with van der Waals surface area (Å²) in [5.41, 5.74) is 4.04. The quantitative estimate of drug-likeness (QED) is 0.243. The van der Waals surface area contributed by atoms with Gasteiger partial charge in [0.15, 0.2) is 11.2 Å². The first-order valence-corrected chi connectivity index (χ1v) is 17.0. The molecule has 3 aromatic carbocycles. The molecule has 48 heavy (non-hydrogen) atoms. The largest absolute Gasteiger partial charge is 0.451 e. The van der Waals surface area contributed by atoms with E-state index in [1.807, 2.05) is 59.1 Å². The van der Waals surface area contributed by atoms with Crippen LogP contribution in [0.5, 0.6) is 0 Å². The summed E-state index contributed by atoms with van der Waals surface area (Å²) in [6.07, 6.45) is 4.39. The van der Waals surface area contributed by atoms with Gasteiger partial charge in [0, 0.05) is 69.9 Å². The van der Waals surface area contributed by atoms with Crippen molar-refractivity contribution in [3.8, 4) is 0 Å². The van der Waals surface area contributed by atoms with E-state index in [-0.39, 0.29) is 35.3 Å². The van der Waals surface area contributed by atoms with Crippen molar-refractivity contribution in [1.82, 2.24) is 15.1 Å². The summed E-state index contributed by atoms with van der Waals surface area (Å²) < 4.78 is 5.87. The topological polar surface area (TPSA) is 103 Å². The number of amides is 3. The minimum Gasteiger partial charge on any atom is -0.451 e. The molecule has 0 aliphatic carbocycles. The van der Waals surface area contributed by atoms with Gasteiger partial charge in [0.2, 0.25) is 11.8 Å². The summed E-state index contributed by atoms with van der Waals surface area (Å²) in [6.45, 7) is 2.48. The number of nitrogens with zero attached hydrogens (tertiary/aromatic N) is 3. The van der Waals surface area contributed by atoms with E-state index in [0.717, 1.165) is 43.5 Å². The summed E-state index contributed by atoms with van der Waals surface area (Å²) in [5, 5.41) is 3.83. The molecule has 4 aromatic rings. The predicted molar refractivity (Wildman–Crippen MR) is 187 cm³/mol. The Morgan fingerprint density at radius 3 is 2.44 bits per heavy atom. The first kappa shape index (κ1) is 33.3. The number of benzene rings is 3. The van der Waals surface area contributed by atoms with Crippen LogP contribution in [-0.2, 0) is 22.6 Å². The minimum atomic E-state index is -0.884. The SMILES string of the molecule is CN(C)c1ccc2oc(C(=O)N[C@H](Cc3ccc(Cl)cc3)C(=O)N3CCC(c4ccccc4CN4CCCCC4=O)CC3)cc(=O)c2c1. The first-order valence-electron chi connectivity index (χ1n) is 16.6. The summed E-state index contributed by atoms with van der Waals surface area (Å²) in [7, 11) is 3.76. The lowest BCUT2D eigenvalue weighted by Gasteiger charge is -2.36. The lowest BCUT2D eigenvalue weighted by Crippen LogP contribution is -2.51. The molecule has 2 fully saturated rings. The Hall–Kier alpha value is -4.63. The van der Waals surface area contributed by atoms with E-state index < -0.39 is 11.9 Å². The van der Waals surface area contributed by atoms with Crippen LogP contribution in [0.2, 0.25) is 5.02 Å². The van der Waals surface area contributed by atoms with Gasteiger partial charge >= 0.3 is 0 Å². The Kier molecular flexibility index (Phi) is 10.2. The van der Waals surface area contributed by atoms with Gasteiger partial charge in [-0.05, 0) is 78.6 Å². The highest BCUT2D eigenvalue weighted by molar-refractivity contribution is 6.30. The van der Waals surface area contributed by atoms with Crippen molar-refractivity contribution in [3.05, 3.63) is 110 Å². The number of hydrogen-bond donors (Lipinski definition) is 1. The Balaban J connectivity index is 1.18. The van der Waals surface area contributed by atoms with E-state index in [2.05, 4.69) is 17.4 Å². The van der Waals surface area contributed by atoms with E-state index in [1.165, 1.54) is 17.2 Å². The number of nitrogens with one attached hydrogen (secondary N) is 1. The molecule has 2 saturated heterocycles. The van der Waals surface area contributed by atoms with Gasteiger partial charge in [0.1, 0.15) is 11.6 Å². The second kappa shape index (κ2) is 14.6. The Morgan fingerprint density at radius 2 is 1.71 bits per heavy atom. The van der Waals surface area contributed by atoms with E-state index in [4.69, 9.17) is 16.0 Å². The molecule has 9 nitrogen and oxygen atoms in total. The highest BCUT2D eigenvalue weighted by Crippen LogP contribution is 2.32. The van der Waals surface area contributed by atoms with Crippen molar-refractivity contribution in [1.29, 1.82) is 0 Å². The third-order valence-corrected chi connectivity index (χ3v) is 9.74. The maximum atomic E-state index is 14.1. The molecule has 1 aromatic heterocycles. The highest BCUT2D eigenvalue weighted by Gasteiger charge is 2.32. The normalized spacial score (nSPS) is 16.2. The smallest absolute Gasteiger partial charge is 0.287 e. The van der Waals surface area contributed by atoms with Crippen molar-refractivity contribution < 1.29 is 18.8 Å². The molecular weight excluding hydrogens is 628 g/mol. The molecule has 1 atom stereocenters. The maximum absolute atomic E-state index is 14.1. The average Bonchev–Trinajstić information content (AvgIpc) is 3.09. The number of carbonyl (C=O) groups is 3. The Bertz CT molecular complexity index is 1860. The number of hydrogen-bond acceptors (Lipinski definition) is 6. The number of rotatable bonds is 9. The van der Waals surface area contributed by atoms with E-state index >= 15 is 0 Å². The molecule has 10 heteroatoms. The van der Waals surface area contributed by atoms with Gasteiger partial charge in [-0.25, -0.2) is 0 Å². The van der Waals surface area contributed by atoms with Crippen LogP contribution in [0.1, 0.15) is 65.3 Å². The Labute approximate surface area is 285 Å². The zero-order valence-electron chi connectivity index (χ0n) is 27.4. The second-order valence-corrected chi connectivity index (χ2v) is 13.4. The number of halogens is 1. The zero-order valence-corrected chi connectivity index (χ0v) is 28.2. The molecule has 0 bridgehead atoms. The van der Waals surface area contributed by atoms with Gasteiger partial charge in [0.25, 0.3) is 5.91 Å². The van der Waals surface area contributed by atoms with Crippen molar-refractivity contribution in [2.45, 2.75) is 57.0 Å². The first-order chi connectivity index (χ1) is 23.2. The molecule has 250 valence electrons. The summed E-state index contributed by atoms with van der Waals surface area (Å²) in [4.78, 5) is 58.8. The summed E-state index contributed by atoms with van der Waals surface area (Å²) in [5.74, 6) is -0.501. The van der Waals surface area contributed by atoms with Gasteiger partial charge < -0.3 is 24.4 Å². The molecular formula is C38H41ClN4O5. The van der Waals surface area contributed by atoms with E-state index in [9.17, 15) is 19.2 Å². The molecule has 1 N–H and O–H groups in total. The van der Waals surface area contributed by atoms with Crippen LogP contribution in [0.15, 0.2) is 82.0 Å². The number of fused-ring (bicyclic) bond motifs is 1. The number of carbonyl (C=O) groups excluding carboxylic acids is 3. The van der Waals surface area contributed by atoms with Crippen LogP contribution < -0.4 is 15.6 Å². The molecule has 0 saturated carbocycles. The molecule has 2 aliphatic rings. The van der Waals surface area contributed by atoms with Crippen molar-refractivity contribution in [2.75, 3.05) is 38.6 Å². The fourth-order valence-corrected chi connectivity index (χ4v) is 6.89. The lowest BCUT2D eigenvalue weighted by molar-refractivity contribution is -0.135. The monoisotopic (exact) mass is 668 g/mol. The molecule has 2 aliphatic heterocycles. The third-order valence-electron chi connectivity index (χ3n) is 9.49. The fraction of sp³-hybridized carbons (Fsp3) is 0.368. The van der Waals surface area contributed by atoms with Crippen LogP contribution in [0, 0.1) is 0 Å². The van der Waals surface area contributed by atoms with Crippen LogP contribution in [0.4, 0.5) is 5.69 Å². The fourth-order valence-electron chi connectivity index (χ4n) is 6.76. The highest BCUT2D eigenvalue weighted by atomic mass is 35.5. The van der Waals surface area contributed by atoms with Gasteiger partial charge in [-0.15, -0.1) is 0 Å². The molecule has 6 rings (SSSR count). The molecule has 3 heterocycles.